The van der Waals surface area contributed by atoms with Gasteiger partial charge >= 0.3 is 0 Å². The molecule has 0 aliphatic carbocycles. The second-order valence-corrected chi connectivity index (χ2v) is 10.4. The molecule has 0 radical (unpaired) electrons. The van der Waals surface area contributed by atoms with Crippen molar-refractivity contribution in [2.24, 2.45) is 0 Å². The Morgan fingerprint density at radius 2 is 1.64 bits per heavy atom. The maximum absolute atomic E-state index is 13.4. The number of sulfonamides is 1. The van der Waals surface area contributed by atoms with Gasteiger partial charge in [-0.2, -0.15) is 4.31 Å². The molecule has 1 aliphatic rings. The lowest BCUT2D eigenvalue weighted by Crippen LogP contribution is -2.29. The third-order valence-electron chi connectivity index (χ3n) is 5.89. The molecule has 1 saturated heterocycles. The Balaban J connectivity index is 1.63. The smallest absolute Gasteiger partial charge is 0.251 e. The summed E-state index contributed by atoms with van der Waals surface area (Å²) in [6, 6.07) is 21.3. The van der Waals surface area contributed by atoms with E-state index in [1.165, 1.54) is 4.31 Å². The average Bonchev–Trinajstić information content (AvgIpc) is 3.37. The van der Waals surface area contributed by atoms with E-state index < -0.39 is 16.1 Å². The molecule has 0 saturated carbocycles. The van der Waals surface area contributed by atoms with Crippen molar-refractivity contribution >= 4 is 27.3 Å². The van der Waals surface area contributed by atoms with Crippen LogP contribution in [0.15, 0.2) is 77.7 Å². The zero-order valence-corrected chi connectivity index (χ0v) is 19.7. The molecule has 0 bridgehead atoms. The van der Waals surface area contributed by atoms with Crippen molar-refractivity contribution in [2.45, 2.75) is 37.6 Å². The van der Waals surface area contributed by atoms with Gasteiger partial charge in [0.25, 0.3) is 5.91 Å². The molecule has 0 spiro atoms. The molecule has 3 aromatic carbocycles. The van der Waals surface area contributed by atoms with Crippen LogP contribution in [0.5, 0.6) is 0 Å². The van der Waals surface area contributed by atoms with Crippen LogP contribution in [0.3, 0.4) is 0 Å². The summed E-state index contributed by atoms with van der Waals surface area (Å²) < 4.78 is 27.5. The van der Waals surface area contributed by atoms with Gasteiger partial charge in [-0.15, -0.1) is 0 Å². The maximum atomic E-state index is 13.4. The van der Waals surface area contributed by atoms with Gasteiger partial charge in [-0.1, -0.05) is 48.5 Å². The molecule has 7 heteroatoms. The third kappa shape index (κ3) is 5.26. The predicted molar refractivity (Wildman–Crippen MR) is 132 cm³/mol. The Kier molecular flexibility index (Phi) is 6.81. The van der Waals surface area contributed by atoms with Gasteiger partial charge in [-0.05, 0) is 67.6 Å². The molecule has 33 heavy (non-hydrogen) atoms. The number of amides is 1. The molecule has 4 rings (SSSR count). The van der Waals surface area contributed by atoms with Crippen molar-refractivity contribution < 1.29 is 13.2 Å². The first-order chi connectivity index (χ1) is 15.8. The number of anilines is 2. The van der Waals surface area contributed by atoms with Crippen molar-refractivity contribution in [3.05, 3.63) is 89.5 Å². The minimum atomic E-state index is -3.55. The zero-order chi connectivity index (χ0) is 23.4. The summed E-state index contributed by atoms with van der Waals surface area (Å²) in [5, 5.41) is 6.29. The first kappa shape index (κ1) is 23.0. The molecular weight excluding hydrogens is 434 g/mol. The second kappa shape index (κ2) is 9.77. The molecule has 1 heterocycles. The van der Waals surface area contributed by atoms with Gasteiger partial charge < -0.3 is 10.6 Å². The van der Waals surface area contributed by atoms with E-state index in [1.807, 2.05) is 62.4 Å². The highest BCUT2D eigenvalue weighted by Gasteiger charge is 2.28. The lowest BCUT2D eigenvalue weighted by molar-refractivity contribution is -0.117. The number of carbonyl (C=O) groups is 1. The Bertz CT molecular complexity index is 1240. The molecule has 1 amide bonds. The van der Waals surface area contributed by atoms with Crippen molar-refractivity contribution in [2.75, 3.05) is 23.7 Å². The predicted octanol–water partition coefficient (Wildman–Crippen LogP) is 4.88. The van der Waals surface area contributed by atoms with Gasteiger partial charge in [0, 0.05) is 24.5 Å². The van der Waals surface area contributed by atoms with E-state index in [9.17, 15) is 13.2 Å². The Hall–Kier alpha value is -3.16. The number of hydrogen-bond donors (Lipinski definition) is 2. The van der Waals surface area contributed by atoms with Gasteiger partial charge in [-0.25, -0.2) is 8.42 Å². The van der Waals surface area contributed by atoms with Crippen molar-refractivity contribution in [3.63, 3.8) is 0 Å². The standard InChI is InChI=1S/C26H29N3O3S/c1-19-13-14-20(2)24(17-19)28-26(30)25(21-9-4-3-5-10-21)27-22-11-8-12-23(18-22)33(31,32)29-15-6-7-16-29/h3-5,8-14,17-18,25,27H,6-7,15-16H2,1-2H3,(H,28,30)/t25-/m0/s1. The van der Waals surface area contributed by atoms with Gasteiger partial charge in [0.2, 0.25) is 10.0 Å². The number of benzene rings is 3. The maximum Gasteiger partial charge on any atom is 0.251 e. The second-order valence-electron chi connectivity index (χ2n) is 8.43. The van der Waals surface area contributed by atoms with E-state index in [-0.39, 0.29) is 10.8 Å². The normalized spacial score (nSPS) is 15.2. The van der Waals surface area contributed by atoms with Crippen molar-refractivity contribution in [1.29, 1.82) is 0 Å². The highest BCUT2D eigenvalue weighted by molar-refractivity contribution is 7.89. The molecule has 1 atom stereocenters. The Labute approximate surface area is 195 Å². The van der Waals surface area contributed by atoms with Crippen LogP contribution in [0, 0.1) is 13.8 Å². The summed E-state index contributed by atoms with van der Waals surface area (Å²) in [5.74, 6) is -0.220. The van der Waals surface area contributed by atoms with Crippen LogP contribution >= 0.6 is 0 Å². The average molecular weight is 464 g/mol. The Morgan fingerprint density at radius 1 is 0.909 bits per heavy atom. The molecule has 3 aromatic rings. The monoisotopic (exact) mass is 463 g/mol. The molecule has 1 aliphatic heterocycles. The van der Waals surface area contributed by atoms with E-state index in [0.29, 0.717) is 18.8 Å². The number of carbonyl (C=O) groups excluding carboxylic acids is 1. The quantitative estimate of drug-likeness (QED) is 0.523. The molecular formula is C26H29N3O3S. The van der Waals surface area contributed by atoms with Gasteiger partial charge in [0.1, 0.15) is 6.04 Å². The molecule has 2 N–H and O–H groups in total. The third-order valence-corrected chi connectivity index (χ3v) is 7.79. The summed E-state index contributed by atoms with van der Waals surface area (Å²) in [6.07, 6.45) is 1.76. The first-order valence-electron chi connectivity index (χ1n) is 11.1. The van der Waals surface area contributed by atoms with Crippen molar-refractivity contribution in [1.82, 2.24) is 4.31 Å². The van der Waals surface area contributed by atoms with E-state index in [1.54, 1.807) is 24.3 Å². The number of rotatable bonds is 7. The van der Waals surface area contributed by atoms with E-state index in [0.717, 1.165) is 35.2 Å². The number of aryl methyl sites for hydroxylation is 2. The lowest BCUT2D eigenvalue weighted by Gasteiger charge is -2.22. The molecule has 0 aromatic heterocycles. The van der Waals surface area contributed by atoms with Crippen LogP contribution in [0.25, 0.3) is 0 Å². The number of nitrogens with zero attached hydrogens (tertiary/aromatic N) is 1. The van der Waals surface area contributed by atoms with E-state index in [4.69, 9.17) is 0 Å². The summed E-state index contributed by atoms with van der Waals surface area (Å²) in [6.45, 7) is 5.02. The topological polar surface area (TPSA) is 78.5 Å². The van der Waals surface area contributed by atoms with Crippen LogP contribution in [0.4, 0.5) is 11.4 Å². The lowest BCUT2D eigenvalue weighted by atomic mass is 10.0. The Morgan fingerprint density at radius 3 is 2.36 bits per heavy atom. The van der Waals surface area contributed by atoms with Gasteiger partial charge in [-0.3, -0.25) is 4.79 Å². The highest BCUT2D eigenvalue weighted by Crippen LogP contribution is 2.27. The van der Waals surface area contributed by atoms with Crippen LogP contribution in [0.2, 0.25) is 0 Å². The number of nitrogens with one attached hydrogen (secondary N) is 2. The van der Waals surface area contributed by atoms with Gasteiger partial charge in [0.05, 0.1) is 4.90 Å². The SMILES string of the molecule is Cc1ccc(C)c(NC(=O)[C@@H](Nc2cccc(S(=O)(=O)N3CCCC3)c2)c2ccccc2)c1. The summed E-state index contributed by atoms with van der Waals surface area (Å²) in [7, 11) is -3.55. The molecule has 6 nitrogen and oxygen atoms in total. The summed E-state index contributed by atoms with van der Waals surface area (Å²) >= 11 is 0. The minimum absolute atomic E-state index is 0.220. The van der Waals surface area contributed by atoms with Gasteiger partial charge in [0.15, 0.2) is 0 Å². The van der Waals surface area contributed by atoms with Crippen LogP contribution < -0.4 is 10.6 Å². The zero-order valence-electron chi connectivity index (χ0n) is 18.9. The van der Waals surface area contributed by atoms with Crippen LogP contribution in [-0.2, 0) is 14.8 Å². The van der Waals surface area contributed by atoms with Crippen molar-refractivity contribution in [3.8, 4) is 0 Å². The fourth-order valence-electron chi connectivity index (χ4n) is 4.01. The van der Waals surface area contributed by atoms with E-state index in [2.05, 4.69) is 10.6 Å². The summed E-state index contributed by atoms with van der Waals surface area (Å²) in [5.41, 5.74) is 4.14. The minimum Gasteiger partial charge on any atom is -0.370 e. The fraction of sp³-hybridized carbons (Fsp3) is 0.269. The highest BCUT2D eigenvalue weighted by atomic mass is 32.2. The number of hydrogen-bond acceptors (Lipinski definition) is 4. The molecule has 172 valence electrons. The summed E-state index contributed by atoms with van der Waals surface area (Å²) in [4.78, 5) is 13.6. The first-order valence-corrected chi connectivity index (χ1v) is 12.6. The largest absolute Gasteiger partial charge is 0.370 e. The van der Waals surface area contributed by atoms with E-state index >= 15 is 0 Å². The molecule has 0 unspecified atom stereocenters. The fourth-order valence-corrected chi connectivity index (χ4v) is 5.58. The van der Waals surface area contributed by atoms with Crippen LogP contribution in [-0.4, -0.2) is 31.7 Å². The van der Waals surface area contributed by atoms with Crippen LogP contribution in [0.1, 0.15) is 35.6 Å². The molecule has 1 fully saturated rings.